The zero-order valence-electron chi connectivity index (χ0n) is 12.1. The summed E-state index contributed by atoms with van der Waals surface area (Å²) in [4.78, 5) is 12.1. The first kappa shape index (κ1) is 14.1. The van der Waals surface area contributed by atoms with Gasteiger partial charge in [-0.25, -0.2) is 0 Å². The molecule has 0 radical (unpaired) electrons. The Morgan fingerprint density at radius 2 is 2.05 bits per heavy atom. The van der Waals surface area contributed by atoms with E-state index in [-0.39, 0.29) is 5.78 Å². The number of nitrogens with zero attached hydrogens (tertiary/aromatic N) is 1. The lowest BCUT2D eigenvalue weighted by atomic mass is 10.1. The second kappa shape index (κ2) is 6.30. The summed E-state index contributed by atoms with van der Waals surface area (Å²) in [5, 5.41) is 3.85. The zero-order chi connectivity index (χ0) is 15.4. The van der Waals surface area contributed by atoms with Gasteiger partial charge in [0.25, 0.3) is 0 Å². The third-order valence-electron chi connectivity index (χ3n) is 3.35. The molecule has 3 rings (SSSR count). The fourth-order valence-electron chi connectivity index (χ4n) is 2.12. The Kier molecular flexibility index (Phi) is 4.05. The highest BCUT2D eigenvalue weighted by Crippen LogP contribution is 2.23. The summed E-state index contributed by atoms with van der Waals surface area (Å²) in [5.41, 5.74) is 1.18. The van der Waals surface area contributed by atoms with Crippen molar-refractivity contribution in [3.05, 3.63) is 60.2 Å². The van der Waals surface area contributed by atoms with E-state index in [2.05, 4.69) is 5.16 Å². The monoisotopic (exact) mass is 297 g/mol. The van der Waals surface area contributed by atoms with Gasteiger partial charge in [0.05, 0.1) is 13.4 Å². The van der Waals surface area contributed by atoms with Gasteiger partial charge in [-0.15, -0.1) is 0 Å². The molecule has 0 atom stereocenters. The van der Waals surface area contributed by atoms with Crippen LogP contribution in [0.1, 0.15) is 22.7 Å². The highest BCUT2D eigenvalue weighted by molar-refractivity contribution is 5.95. The maximum atomic E-state index is 12.1. The SMILES string of the molecule is COc1ccc(-c2cc(C(=O)CCc3ccco3)no2)cc1. The van der Waals surface area contributed by atoms with Crippen molar-refractivity contribution in [2.45, 2.75) is 12.8 Å². The van der Waals surface area contributed by atoms with Crippen LogP contribution in [0.2, 0.25) is 0 Å². The van der Waals surface area contributed by atoms with Gasteiger partial charge in [-0.3, -0.25) is 4.79 Å². The van der Waals surface area contributed by atoms with Crippen molar-refractivity contribution in [1.29, 1.82) is 0 Å². The Balaban J connectivity index is 1.68. The van der Waals surface area contributed by atoms with Gasteiger partial charge in [0.1, 0.15) is 17.2 Å². The molecular weight excluding hydrogens is 282 g/mol. The number of ketones is 1. The Morgan fingerprint density at radius 1 is 1.23 bits per heavy atom. The van der Waals surface area contributed by atoms with Crippen LogP contribution in [0.5, 0.6) is 5.75 Å². The Bertz CT molecular complexity index is 741. The number of hydrogen-bond acceptors (Lipinski definition) is 5. The molecule has 0 saturated heterocycles. The predicted molar refractivity (Wildman–Crippen MR) is 79.9 cm³/mol. The van der Waals surface area contributed by atoms with Gasteiger partial charge in [-0.05, 0) is 36.4 Å². The van der Waals surface area contributed by atoms with Crippen LogP contribution in [0, 0.1) is 0 Å². The second-order valence-corrected chi connectivity index (χ2v) is 4.81. The van der Waals surface area contributed by atoms with Gasteiger partial charge in [-0.2, -0.15) is 0 Å². The lowest BCUT2D eigenvalue weighted by molar-refractivity contribution is 0.0972. The summed E-state index contributed by atoms with van der Waals surface area (Å²) in [7, 11) is 1.61. The summed E-state index contributed by atoms with van der Waals surface area (Å²) < 4.78 is 15.6. The van der Waals surface area contributed by atoms with E-state index in [1.807, 2.05) is 30.3 Å². The molecule has 0 saturated carbocycles. The van der Waals surface area contributed by atoms with E-state index < -0.39 is 0 Å². The van der Waals surface area contributed by atoms with Crippen molar-refractivity contribution < 1.29 is 18.5 Å². The maximum Gasteiger partial charge on any atom is 0.185 e. The van der Waals surface area contributed by atoms with Gasteiger partial charge >= 0.3 is 0 Å². The van der Waals surface area contributed by atoms with Crippen molar-refractivity contribution in [2.75, 3.05) is 7.11 Å². The van der Waals surface area contributed by atoms with E-state index in [0.29, 0.717) is 24.3 Å². The molecule has 2 heterocycles. The zero-order valence-corrected chi connectivity index (χ0v) is 12.1. The molecule has 0 bridgehead atoms. The van der Waals surface area contributed by atoms with Crippen molar-refractivity contribution in [2.24, 2.45) is 0 Å². The molecule has 1 aromatic carbocycles. The van der Waals surface area contributed by atoms with Crippen LogP contribution in [0.3, 0.4) is 0 Å². The first-order chi connectivity index (χ1) is 10.8. The lowest BCUT2D eigenvalue weighted by Crippen LogP contribution is -2.00. The van der Waals surface area contributed by atoms with Gasteiger partial charge in [0.2, 0.25) is 0 Å². The Hall–Kier alpha value is -2.82. The number of carbonyl (C=O) groups excluding carboxylic acids is 1. The molecule has 112 valence electrons. The molecule has 3 aromatic rings. The largest absolute Gasteiger partial charge is 0.497 e. The summed E-state index contributed by atoms with van der Waals surface area (Å²) in [6.45, 7) is 0. The molecule has 5 heteroatoms. The summed E-state index contributed by atoms with van der Waals surface area (Å²) in [6.07, 6.45) is 2.48. The number of methoxy groups -OCH3 is 1. The number of Topliss-reactive ketones (excluding diaryl/α,β-unsaturated/α-hetero) is 1. The average molecular weight is 297 g/mol. The van der Waals surface area contributed by atoms with Crippen LogP contribution in [0.15, 0.2) is 57.7 Å². The number of carbonyl (C=O) groups is 1. The molecule has 0 N–H and O–H groups in total. The van der Waals surface area contributed by atoms with Crippen LogP contribution in [-0.2, 0) is 6.42 Å². The fourth-order valence-corrected chi connectivity index (χ4v) is 2.12. The third-order valence-corrected chi connectivity index (χ3v) is 3.35. The minimum Gasteiger partial charge on any atom is -0.497 e. The number of aromatic nitrogens is 1. The van der Waals surface area contributed by atoms with Crippen molar-refractivity contribution in [1.82, 2.24) is 5.16 Å². The molecule has 2 aromatic heterocycles. The number of furan rings is 1. The van der Waals surface area contributed by atoms with Gasteiger partial charge in [0.15, 0.2) is 11.5 Å². The second-order valence-electron chi connectivity index (χ2n) is 4.81. The van der Waals surface area contributed by atoms with Crippen LogP contribution in [-0.4, -0.2) is 18.0 Å². The molecular formula is C17H15NO4. The summed E-state index contributed by atoms with van der Waals surface area (Å²) in [6, 6.07) is 12.7. The molecule has 22 heavy (non-hydrogen) atoms. The van der Waals surface area contributed by atoms with Gasteiger partial charge in [0, 0.05) is 24.5 Å². The molecule has 0 amide bonds. The Morgan fingerprint density at radius 3 is 2.73 bits per heavy atom. The minimum atomic E-state index is -0.0695. The van der Waals surface area contributed by atoms with Crippen LogP contribution in [0.25, 0.3) is 11.3 Å². The van der Waals surface area contributed by atoms with Crippen LogP contribution in [0.4, 0.5) is 0 Å². The van der Waals surface area contributed by atoms with Crippen molar-refractivity contribution in [3.8, 4) is 17.1 Å². The third kappa shape index (κ3) is 3.09. The molecule has 0 unspecified atom stereocenters. The quantitative estimate of drug-likeness (QED) is 0.648. The molecule has 0 spiro atoms. The van der Waals surface area contributed by atoms with E-state index in [1.165, 1.54) is 0 Å². The summed E-state index contributed by atoms with van der Waals surface area (Å²) in [5.74, 6) is 2.04. The number of benzene rings is 1. The summed E-state index contributed by atoms with van der Waals surface area (Å²) >= 11 is 0. The number of ether oxygens (including phenoxy) is 1. The van der Waals surface area contributed by atoms with E-state index in [0.717, 1.165) is 17.1 Å². The van der Waals surface area contributed by atoms with Crippen LogP contribution >= 0.6 is 0 Å². The number of aryl methyl sites for hydroxylation is 1. The van der Waals surface area contributed by atoms with Crippen molar-refractivity contribution in [3.63, 3.8) is 0 Å². The minimum absolute atomic E-state index is 0.0695. The fraction of sp³-hybridized carbons (Fsp3) is 0.176. The molecule has 0 aliphatic heterocycles. The molecule has 5 nitrogen and oxygen atoms in total. The molecule has 0 aliphatic carbocycles. The first-order valence-electron chi connectivity index (χ1n) is 6.93. The highest BCUT2D eigenvalue weighted by atomic mass is 16.5. The normalized spacial score (nSPS) is 10.6. The number of hydrogen-bond donors (Lipinski definition) is 0. The smallest absolute Gasteiger partial charge is 0.185 e. The Labute approximate surface area is 127 Å². The van der Waals surface area contributed by atoms with E-state index >= 15 is 0 Å². The van der Waals surface area contributed by atoms with Gasteiger partial charge < -0.3 is 13.7 Å². The van der Waals surface area contributed by atoms with E-state index in [1.54, 1.807) is 25.5 Å². The highest BCUT2D eigenvalue weighted by Gasteiger charge is 2.14. The molecule has 0 fully saturated rings. The number of rotatable bonds is 6. The van der Waals surface area contributed by atoms with E-state index in [9.17, 15) is 4.79 Å². The van der Waals surface area contributed by atoms with Gasteiger partial charge in [-0.1, -0.05) is 5.16 Å². The first-order valence-corrected chi connectivity index (χ1v) is 6.93. The van der Waals surface area contributed by atoms with E-state index in [4.69, 9.17) is 13.7 Å². The average Bonchev–Trinajstić information content (AvgIpc) is 3.24. The maximum absolute atomic E-state index is 12.1. The standard InChI is InChI=1S/C17H15NO4/c1-20-13-6-4-12(5-7-13)17-11-15(18-22-17)16(19)9-8-14-3-2-10-21-14/h2-7,10-11H,8-9H2,1H3. The predicted octanol–water partition coefficient (Wildman–Crippen LogP) is 3.76. The topological polar surface area (TPSA) is 65.5 Å². The van der Waals surface area contributed by atoms with Crippen molar-refractivity contribution >= 4 is 5.78 Å². The lowest BCUT2D eigenvalue weighted by Gasteiger charge is -1.99. The molecule has 0 aliphatic rings. The van der Waals surface area contributed by atoms with Crippen LogP contribution < -0.4 is 4.74 Å².